The Bertz CT molecular complexity index is 1280. The van der Waals surface area contributed by atoms with E-state index in [0.717, 1.165) is 43.8 Å². The molecule has 0 aliphatic heterocycles. The van der Waals surface area contributed by atoms with Crippen molar-refractivity contribution < 1.29 is 28.5 Å². The molecule has 0 aromatic heterocycles. The lowest BCUT2D eigenvalue weighted by Crippen LogP contribution is -2.04. The number of esters is 2. The quantitative estimate of drug-likeness (QED) is 0.326. The molecule has 0 amide bonds. The summed E-state index contributed by atoms with van der Waals surface area (Å²) >= 11 is 0. The molecular weight excluding hydrogens is 432 g/mol. The Kier molecular flexibility index (Phi) is 6.68. The van der Waals surface area contributed by atoms with E-state index in [1.165, 1.54) is 13.8 Å². The van der Waals surface area contributed by atoms with Crippen molar-refractivity contribution >= 4 is 33.5 Å². The van der Waals surface area contributed by atoms with Gasteiger partial charge in [0.1, 0.15) is 24.7 Å². The van der Waals surface area contributed by atoms with Gasteiger partial charge in [0, 0.05) is 35.7 Å². The molecule has 174 valence electrons. The maximum absolute atomic E-state index is 11.5. The van der Waals surface area contributed by atoms with Crippen LogP contribution in [0.3, 0.4) is 0 Å². The first-order valence-corrected chi connectivity index (χ1v) is 10.9. The highest BCUT2D eigenvalue weighted by Crippen LogP contribution is 2.43. The summed E-state index contributed by atoms with van der Waals surface area (Å²) in [7, 11) is 3.22. The number of carbonyl (C=O) groups is 2. The van der Waals surface area contributed by atoms with Gasteiger partial charge in [0.05, 0.1) is 14.2 Å². The van der Waals surface area contributed by atoms with Crippen LogP contribution in [0.15, 0.2) is 60.7 Å². The van der Waals surface area contributed by atoms with E-state index in [4.69, 9.17) is 18.9 Å². The van der Waals surface area contributed by atoms with E-state index >= 15 is 0 Å². The normalized spacial score (nSPS) is 10.8. The zero-order valence-corrected chi connectivity index (χ0v) is 19.6. The molecule has 4 aromatic rings. The van der Waals surface area contributed by atoms with Crippen molar-refractivity contribution in [3.05, 3.63) is 71.8 Å². The smallest absolute Gasteiger partial charge is 0.302 e. The number of hydrogen-bond donors (Lipinski definition) is 0. The van der Waals surface area contributed by atoms with E-state index < -0.39 is 0 Å². The summed E-state index contributed by atoms with van der Waals surface area (Å²) in [6.45, 7) is 2.94. The van der Waals surface area contributed by atoms with E-state index in [1.807, 2.05) is 60.7 Å². The Morgan fingerprint density at radius 3 is 1.29 bits per heavy atom. The van der Waals surface area contributed by atoms with E-state index in [2.05, 4.69) is 0 Å². The van der Waals surface area contributed by atoms with Crippen molar-refractivity contribution in [3.8, 4) is 22.6 Å². The van der Waals surface area contributed by atoms with Crippen LogP contribution in [0.25, 0.3) is 32.7 Å². The fraction of sp³-hybridized carbons (Fsp3) is 0.214. The van der Waals surface area contributed by atoms with Crippen molar-refractivity contribution in [2.75, 3.05) is 14.2 Å². The minimum Gasteiger partial charge on any atom is -0.496 e. The number of ether oxygens (including phenoxy) is 4. The van der Waals surface area contributed by atoms with Crippen LogP contribution in [0.1, 0.15) is 25.0 Å². The SMILES string of the molecule is COc1c(COC(C)=O)cc(-c2cc(COC(C)=O)c(OC)c3ccccc23)c2ccccc12. The number of rotatable bonds is 7. The Morgan fingerprint density at radius 1 is 0.618 bits per heavy atom. The minimum atomic E-state index is -0.365. The summed E-state index contributed by atoms with van der Waals surface area (Å²) in [5.41, 5.74) is 3.41. The molecule has 0 aliphatic rings. The van der Waals surface area contributed by atoms with Gasteiger partial charge >= 0.3 is 11.9 Å². The maximum atomic E-state index is 11.5. The Balaban J connectivity index is 2.05. The van der Waals surface area contributed by atoms with E-state index in [0.29, 0.717) is 11.5 Å². The molecule has 4 aromatic carbocycles. The molecular formula is C28H26O6. The molecule has 0 fully saturated rings. The van der Waals surface area contributed by atoms with Crippen LogP contribution in [-0.4, -0.2) is 26.2 Å². The van der Waals surface area contributed by atoms with Gasteiger partial charge in [0.2, 0.25) is 0 Å². The lowest BCUT2D eigenvalue weighted by molar-refractivity contribution is -0.143. The Hall–Kier alpha value is -4.06. The predicted molar refractivity (Wildman–Crippen MR) is 131 cm³/mol. The van der Waals surface area contributed by atoms with Crippen molar-refractivity contribution in [3.63, 3.8) is 0 Å². The van der Waals surface area contributed by atoms with Crippen LogP contribution < -0.4 is 9.47 Å². The van der Waals surface area contributed by atoms with Gasteiger partial charge in [0.25, 0.3) is 0 Å². The molecule has 0 saturated carbocycles. The molecule has 6 nitrogen and oxygen atoms in total. The molecule has 0 bridgehead atoms. The maximum Gasteiger partial charge on any atom is 0.302 e. The summed E-state index contributed by atoms with van der Waals surface area (Å²) in [5, 5.41) is 3.79. The van der Waals surface area contributed by atoms with Gasteiger partial charge in [0.15, 0.2) is 0 Å². The highest BCUT2D eigenvalue weighted by molar-refractivity contribution is 6.09. The van der Waals surface area contributed by atoms with Crippen LogP contribution in [0.5, 0.6) is 11.5 Å². The number of hydrogen-bond acceptors (Lipinski definition) is 6. The fourth-order valence-electron chi connectivity index (χ4n) is 4.31. The second-order valence-electron chi connectivity index (χ2n) is 7.88. The van der Waals surface area contributed by atoms with Crippen molar-refractivity contribution in [1.29, 1.82) is 0 Å². The number of carbonyl (C=O) groups excluding carboxylic acids is 2. The summed E-state index contributed by atoms with van der Waals surface area (Å²) in [6.07, 6.45) is 0. The second kappa shape index (κ2) is 9.83. The van der Waals surface area contributed by atoms with Crippen molar-refractivity contribution in [1.82, 2.24) is 0 Å². The second-order valence-corrected chi connectivity index (χ2v) is 7.88. The topological polar surface area (TPSA) is 71.1 Å². The number of methoxy groups -OCH3 is 2. The molecule has 6 heteroatoms. The summed E-state index contributed by atoms with van der Waals surface area (Å²) in [6, 6.07) is 19.9. The molecule has 0 saturated heterocycles. The molecule has 0 radical (unpaired) electrons. The third-order valence-electron chi connectivity index (χ3n) is 5.70. The molecule has 4 rings (SSSR count). The first-order chi connectivity index (χ1) is 16.4. The van der Waals surface area contributed by atoms with Gasteiger partial charge in [-0.25, -0.2) is 0 Å². The van der Waals surface area contributed by atoms with Crippen LogP contribution in [-0.2, 0) is 32.3 Å². The van der Waals surface area contributed by atoms with Gasteiger partial charge in [-0.1, -0.05) is 48.5 Å². The fourth-order valence-corrected chi connectivity index (χ4v) is 4.31. The van der Waals surface area contributed by atoms with Gasteiger partial charge in [-0.05, 0) is 34.0 Å². The monoisotopic (exact) mass is 458 g/mol. The largest absolute Gasteiger partial charge is 0.496 e. The molecule has 0 N–H and O–H groups in total. The summed E-state index contributed by atoms with van der Waals surface area (Å²) < 4.78 is 22.1. The number of fused-ring (bicyclic) bond motifs is 2. The molecule has 0 atom stereocenters. The van der Waals surface area contributed by atoms with Gasteiger partial charge in [-0.3, -0.25) is 9.59 Å². The lowest BCUT2D eigenvalue weighted by Gasteiger charge is -2.19. The average Bonchev–Trinajstić information content (AvgIpc) is 2.84. The first-order valence-electron chi connectivity index (χ1n) is 10.9. The van der Waals surface area contributed by atoms with E-state index in [9.17, 15) is 9.59 Å². The third kappa shape index (κ3) is 4.39. The Labute approximate surface area is 198 Å². The van der Waals surface area contributed by atoms with E-state index in [-0.39, 0.29) is 25.2 Å². The van der Waals surface area contributed by atoms with Crippen LogP contribution in [0, 0.1) is 0 Å². The van der Waals surface area contributed by atoms with Gasteiger partial charge in [-0.15, -0.1) is 0 Å². The molecule has 0 heterocycles. The Morgan fingerprint density at radius 2 is 0.971 bits per heavy atom. The summed E-state index contributed by atoms with van der Waals surface area (Å²) in [5.74, 6) is 0.600. The van der Waals surface area contributed by atoms with Gasteiger partial charge < -0.3 is 18.9 Å². The first kappa shape index (κ1) is 23.1. The van der Waals surface area contributed by atoms with Crippen LogP contribution in [0.2, 0.25) is 0 Å². The highest BCUT2D eigenvalue weighted by atomic mass is 16.5. The molecule has 0 aliphatic carbocycles. The lowest BCUT2D eigenvalue weighted by atomic mass is 9.90. The average molecular weight is 459 g/mol. The zero-order valence-electron chi connectivity index (χ0n) is 19.6. The molecule has 0 spiro atoms. The zero-order chi connectivity index (χ0) is 24.2. The molecule has 34 heavy (non-hydrogen) atoms. The minimum absolute atomic E-state index is 0.0880. The summed E-state index contributed by atoms with van der Waals surface area (Å²) in [4.78, 5) is 23.1. The van der Waals surface area contributed by atoms with Crippen LogP contribution >= 0.6 is 0 Å². The molecule has 0 unspecified atom stereocenters. The highest BCUT2D eigenvalue weighted by Gasteiger charge is 2.19. The van der Waals surface area contributed by atoms with Crippen molar-refractivity contribution in [2.45, 2.75) is 27.1 Å². The standard InChI is InChI=1S/C28H26O6/c1-17(29)33-15-19-13-25(21-9-5-7-11-23(21)27(19)31-3)26-14-20(16-34-18(2)30)28(32-4)24-12-8-6-10-22(24)26/h5-14H,15-16H2,1-4H3. The number of benzene rings is 4. The van der Waals surface area contributed by atoms with E-state index in [1.54, 1.807) is 14.2 Å². The van der Waals surface area contributed by atoms with Gasteiger partial charge in [-0.2, -0.15) is 0 Å². The van der Waals surface area contributed by atoms with Crippen LogP contribution in [0.4, 0.5) is 0 Å². The predicted octanol–water partition coefficient (Wildman–Crippen LogP) is 5.80. The third-order valence-corrected chi connectivity index (χ3v) is 5.70. The van der Waals surface area contributed by atoms with Crippen molar-refractivity contribution in [2.24, 2.45) is 0 Å².